The summed E-state index contributed by atoms with van der Waals surface area (Å²) in [5.41, 5.74) is 1.12. The fraction of sp³-hybridized carbons (Fsp3) is 0.333. The lowest BCUT2D eigenvalue weighted by Crippen LogP contribution is -2.36. The first-order chi connectivity index (χ1) is 6.13. The molecule has 0 N–H and O–H groups in total. The molecule has 0 bridgehead atoms. The topological polar surface area (TPSA) is 37.4 Å². The number of imide groups is 1. The number of carbonyl (C=O) groups excluding carboxylic acids is 2. The molecule has 0 aromatic carbocycles. The lowest BCUT2D eigenvalue weighted by Gasteiger charge is -2.17. The van der Waals surface area contributed by atoms with Gasteiger partial charge in [0.15, 0.2) is 0 Å². The fourth-order valence-electron chi connectivity index (χ4n) is 1.45. The summed E-state index contributed by atoms with van der Waals surface area (Å²) in [7, 11) is 0. The first-order valence-corrected chi connectivity index (χ1v) is 5.01. The van der Waals surface area contributed by atoms with Crippen LogP contribution in [0.15, 0.2) is 10.8 Å². The Bertz CT molecular complexity index is 350. The highest BCUT2D eigenvalue weighted by Gasteiger charge is 2.37. The van der Waals surface area contributed by atoms with Crippen LogP contribution in [0.5, 0.6) is 0 Å². The summed E-state index contributed by atoms with van der Waals surface area (Å²) in [5, 5.41) is 3.47. The highest BCUT2D eigenvalue weighted by atomic mass is 32.1. The van der Waals surface area contributed by atoms with Gasteiger partial charge in [-0.15, -0.1) is 0 Å². The van der Waals surface area contributed by atoms with E-state index in [1.54, 1.807) is 10.8 Å². The first kappa shape index (κ1) is 8.44. The standard InChI is InChI=1S/C9H9NO2S/c1-5(2)10-8(11)6-3-13-4-7(6)9(10)12/h3-5H,1-2H3. The lowest BCUT2D eigenvalue weighted by atomic mass is 10.2. The van der Waals surface area contributed by atoms with Crippen LogP contribution in [0.4, 0.5) is 0 Å². The van der Waals surface area contributed by atoms with Gasteiger partial charge in [-0.1, -0.05) is 0 Å². The zero-order chi connectivity index (χ0) is 9.59. The molecule has 4 heteroatoms. The molecule has 0 saturated carbocycles. The van der Waals surface area contributed by atoms with Crippen LogP contribution in [0.25, 0.3) is 0 Å². The van der Waals surface area contributed by atoms with Crippen molar-refractivity contribution in [2.45, 2.75) is 19.9 Å². The van der Waals surface area contributed by atoms with Gasteiger partial charge in [0, 0.05) is 16.8 Å². The van der Waals surface area contributed by atoms with E-state index in [2.05, 4.69) is 0 Å². The van der Waals surface area contributed by atoms with Gasteiger partial charge in [-0.25, -0.2) is 0 Å². The molecule has 0 saturated heterocycles. The minimum absolute atomic E-state index is 0.0580. The van der Waals surface area contributed by atoms with Crippen molar-refractivity contribution in [1.29, 1.82) is 0 Å². The van der Waals surface area contributed by atoms with Gasteiger partial charge in [0.25, 0.3) is 11.8 Å². The molecule has 1 aliphatic rings. The Morgan fingerprint density at radius 3 is 2.00 bits per heavy atom. The SMILES string of the molecule is CC(C)N1C(=O)c2cscc2C1=O. The number of hydrogen-bond donors (Lipinski definition) is 0. The molecule has 0 spiro atoms. The van der Waals surface area contributed by atoms with Crippen molar-refractivity contribution in [3.63, 3.8) is 0 Å². The van der Waals surface area contributed by atoms with Crippen LogP contribution in [-0.4, -0.2) is 22.8 Å². The van der Waals surface area contributed by atoms with Crippen LogP contribution < -0.4 is 0 Å². The molecule has 2 heterocycles. The van der Waals surface area contributed by atoms with Gasteiger partial charge >= 0.3 is 0 Å². The van der Waals surface area contributed by atoms with Gasteiger partial charge < -0.3 is 0 Å². The van der Waals surface area contributed by atoms with Crippen molar-refractivity contribution in [2.24, 2.45) is 0 Å². The van der Waals surface area contributed by atoms with Crippen LogP contribution in [-0.2, 0) is 0 Å². The number of amides is 2. The monoisotopic (exact) mass is 195 g/mol. The Balaban J connectivity index is 2.49. The number of hydrogen-bond acceptors (Lipinski definition) is 3. The Morgan fingerprint density at radius 2 is 1.62 bits per heavy atom. The molecule has 3 nitrogen and oxygen atoms in total. The van der Waals surface area contributed by atoms with Crippen LogP contribution in [0.3, 0.4) is 0 Å². The van der Waals surface area contributed by atoms with Crippen LogP contribution in [0.1, 0.15) is 34.6 Å². The van der Waals surface area contributed by atoms with E-state index in [-0.39, 0.29) is 17.9 Å². The lowest BCUT2D eigenvalue weighted by molar-refractivity contribution is 0.0609. The first-order valence-electron chi connectivity index (χ1n) is 4.07. The maximum absolute atomic E-state index is 11.6. The molecule has 1 aliphatic heterocycles. The zero-order valence-electron chi connectivity index (χ0n) is 7.40. The number of thiophene rings is 1. The predicted octanol–water partition coefficient (Wildman–Crippen LogP) is 1.75. The Morgan fingerprint density at radius 1 is 1.15 bits per heavy atom. The molecule has 68 valence electrons. The van der Waals surface area contributed by atoms with E-state index < -0.39 is 0 Å². The number of nitrogens with zero attached hydrogens (tertiary/aromatic N) is 1. The molecule has 2 amide bonds. The third-order valence-corrected chi connectivity index (χ3v) is 2.82. The molecular weight excluding hydrogens is 186 g/mol. The van der Waals surface area contributed by atoms with E-state index in [0.717, 1.165) is 0 Å². The van der Waals surface area contributed by atoms with Gasteiger partial charge in [-0.2, -0.15) is 11.3 Å². The smallest absolute Gasteiger partial charge is 0.262 e. The van der Waals surface area contributed by atoms with Gasteiger partial charge in [0.2, 0.25) is 0 Å². The second-order valence-electron chi connectivity index (χ2n) is 3.27. The molecule has 0 unspecified atom stereocenters. The van der Waals surface area contributed by atoms with Crippen molar-refractivity contribution in [3.8, 4) is 0 Å². The minimum atomic E-state index is -0.156. The Hall–Kier alpha value is -1.16. The normalized spacial score (nSPS) is 15.8. The van der Waals surface area contributed by atoms with Gasteiger partial charge in [-0.3, -0.25) is 14.5 Å². The van der Waals surface area contributed by atoms with Crippen LogP contribution >= 0.6 is 11.3 Å². The van der Waals surface area contributed by atoms with E-state index in [0.29, 0.717) is 11.1 Å². The Labute approximate surface area is 80.0 Å². The molecule has 0 aliphatic carbocycles. The second kappa shape index (κ2) is 2.67. The minimum Gasteiger partial charge on any atom is -0.272 e. The maximum atomic E-state index is 11.6. The molecule has 13 heavy (non-hydrogen) atoms. The summed E-state index contributed by atoms with van der Waals surface area (Å²) in [4.78, 5) is 24.5. The van der Waals surface area contributed by atoms with Crippen molar-refractivity contribution in [1.82, 2.24) is 4.90 Å². The van der Waals surface area contributed by atoms with Crippen LogP contribution in [0, 0.1) is 0 Å². The highest BCUT2D eigenvalue weighted by molar-refractivity contribution is 7.08. The summed E-state index contributed by atoms with van der Waals surface area (Å²) in [5.74, 6) is -0.312. The molecule has 2 rings (SSSR count). The molecule has 1 aromatic heterocycles. The maximum Gasteiger partial charge on any atom is 0.262 e. The van der Waals surface area contributed by atoms with Crippen molar-refractivity contribution in [2.75, 3.05) is 0 Å². The second-order valence-corrected chi connectivity index (χ2v) is 4.02. The van der Waals surface area contributed by atoms with Crippen molar-refractivity contribution in [3.05, 3.63) is 21.9 Å². The number of rotatable bonds is 1. The predicted molar refractivity (Wildman–Crippen MR) is 50.0 cm³/mol. The number of fused-ring (bicyclic) bond motifs is 1. The third kappa shape index (κ3) is 1.02. The van der Waals surface area contributed by atoms with E-state index >= 15 is 0 Å². The summed E-state index contributed by atoms with van der Waals surface area (Å²) >= 11 is 1.39. The summed E-state index contributed by atoms with van der Waals surface area (Å²) in [6, 6.07) is -0.0580. The van der Waals surface area contributed by atoms with Gasteiger partial charge in [0.05, 0.1) is 11.1 Å². The van der Waals surface area contributed by atoms with E-state index in [1.165, 1.54) is 16.2 Å². The number of carbonyl (C=O) groups is 2. The average molecular weight is 195 g/mol. The Kier molecular flexibility index (Phi) is 1.73. The zero-order valence-corrected chi connectivity index (χ0v) is 8.22. The average Bonchev–Trinajstić information content (AvgIpc) is 2.56. The molecule has 1 aromatic rings. The molecular formula is C9H9NO2S. The van der Waals surface area contributed by atoms with E-state index in [9.17, 15) is 9.59 Å². The van der Waals surface area contributed by atoms with E-state index in [4.69, 9.17) is 0 Å². The largest absolute Gasteiger partial charge is 0.272 e. The van der Waals surface area contributed by atoms with Gasteiger partial charge in [0.1, 0.15) is 0 Å². The summed E-state index contributed by atoms with van der Waals surface area (Å²) < 4.78 is 0. The van der Waals surface area contributed by atoms with Crippen LogP contribution in [0.2, 0.25) is 0 Å². The highest BCUT2D eigenvalue weighted by Crippen LogP contribution is 2.27. The quantitative estimate of drug-likeness (QED) is 0.640. The third-order valence-electron chi connectivity index (χ3n) is 2.08. The van der Waals surface area contributed by atoms with Gasteiger partial charge in [-0.05, 0) is 13.8 Å². The fourth-order valence-corrected chi connectivity index (χ4v) is 2.24. The molecule has 0 fully saturated rings. The summed E-state index contributed by atoms with van der Waals surface area (Å²) in [6.07, 6.45) is 0. The molecule has 0 radical (unpaired) electrons. The summed E-state index contributed by atoms with van der Waals surface area (Å²) in [6.45, 7) is 3.68. The van der Waals surface area contributed by atoms with Crippen molar-refractivity contribution < 1.29 is 9.59 Å². The van der Waals surface area contributed by atoms with Crippen molar-refractivity contribution >= 4 is 23.2 Å². The molecule has 0 atom stereocenters. The van der Waals surface area contributed by atoms with E-state index in [1.807, 2.05) is 13.8 Å².